The number of aryl methyl sites for hydroxylation is 2. The van der Waals surface area contributed by atoms with Crippen molar-refractivity contribution < 1.29 is 4.42 Å². The summed E-state index contributed by atoms with van der Waals surface area (Å²) in [6, 6.07) is 0.613. The summed E-state index contributed by atoms with van der Waals surface area (Å²) in [6.07, 6.45) is 2.74. The number of aromatic nitrogens is 1. The second-order valence-corrected chi connectivity index (χ2v) is 5.14. The normalized spacial score (nSPS) is 18.1. The number of thioether (sulfide) groups is 1. The Balaban J connectivity index is 1.86. The molecule has 0 spiro atoms. The highest BCUT2D eigenvalue weighted by molar-refractivity contribution is 7.99. The van der Waals surface area contributed by atoms with Gasteiger partial charge in [0.05, 0.1) is 5.69 Å². The van der Waals surface area contributed by atoms with E-state index in [4.69, 9.17) is 4.42 Å². The average molecular weight is 226 g/mol. The van der Waals surface area contributed by atoms with E-state index in [0.717, 1.165) is 28.3 Å². The molecule has 2 rings (SSSR count). The molecule has 1 saturated carbocycles. The van der Waals surface area contributed by atoms with Crippen molar-refractivity contribution in [2.75, 3.05) is 12.8 Å². The van der Waals surface area contributed by atoms with Crippen LogP contribution in [0.4, 0.5) is 0 Å². The van der Waals surface area contributed by atoms with Crippen molar-refractivity contribution in [3.05, 3.63) is 11.5 Å². The Morgan fingerprint density at radius 2 is 2.27 bits per heavy atom. The van der Waals surface area contributed by atoms with Gasteiger partial charge in [-0.2, -0.15) is 0 Å². The lowest BCUT2D eigenvalue weighted by Crippen LogP contribution is -2.29. The third-order valence-electron chi connectivity index (χ3n) is 2.96. The van der Waals surface area contributed by atoms with Crippen LogP contribution >= 0.6 is 11.8 Å². The summed E-state index contributed by atoms with van der Waals surface area (Å²) in [5.74, 6) is 2.87. The molecule has 0 amide bonds. The van der Waals surface area contributed by atoms with Gasteiger partial charge in [0.25, 0.3) is 5.22 Å². The van der Waals surface area contributed by atoms with E-state index >= 15 is 0 Å². The second kappa shape index (κ2) is 4.58. The van der Waals surface area contributed by atoms with Crippen molar-refractivity contribution in [1.82, 2.24) is 10.3 Å². The third kappa shape index (κ3) is 2.75. The molecule has 1 aliphatic carbocycles. The number of rotatable bonds is 5. The molecule has 1 N–H and O–H groups in total. The maximum atomic E-state index is 5.53. The van der Waals surface area contributed by atoms with Crippen molar-refractivity contribution in [2.45, 2.75) is 38.0 Å². The van der Waals surface area contributed by atoms with Crippen LogP contribution in [-0.4, -0.2) is 23.8 Å². The zero-order chi connectivity index (χ0) is 10.8. The van der Waals surface area contributed by atoms with Crippen LogP contribution in [0.1, 0.15) is 24.3 Å². The number of hydrogen-bond acceptors (Lipinski definition) is 4. The lowest BCUT2D eigenvalue weighted by atomic mass is 10.2. The first-order chi connectivity index (χ1) is 7.20. The Bertz CT molecular complexity index is 314. The van der Waals surface area contributed by atoms with Crippen molar-refractivity contribution >= 4 is 11.8 Å². The molecule has 0 saturated heterocycles. The van der Waals surface area contributed by atoms with Gasteiger partial charge in [-0.05, 0) is 39.7 Å². The molecular formula is C11H18N2OS. The lowest BCUT2D eigenvalue weighted by molar-refractivity contribution is 0.430. The first-order valence-electron chi connectivity index (χ1n) is 5.45. The summed E-state index contributed by atoms with van der Waals surface area (Å²) in [5, 5.41) is 4.18. The summed E-state index contributed by atoms with van der Waals surface area (Å²) in [5.41, 5.74) is 1.00. The van der Waals surface area contributed by atoms with E-state index < -0.39 is 0 Å². The molecule has 1 aromatic rings. The molecule has 0 bridgehead atoms. The van der Waals surface area contributed by atoms with Gasteiger partial charge in [-0.25, -0.2) is 4.98 Å². The van der Waals surface area contributed by atoms with Gasteiger partial charge in [-0.1, -0.05) is 11.8 Å². The van der Waals surface area contributed by atoms with Crippen LogP contribution in [0.3, 0.4) is 0 Å². The van der Waals surface area contributed by atoms with Gasteiger partial charge < -0.3 is 9.73 Å². The minimum absolute atomic E-state index is 0.613. The largest absolute Gasteiger partial charge is 0.437 e. The van der Waals surface area contributed by atoms with E-state index in [1.54, 1.807) is 11.8 Å². The van der Waals surface area contributed by atoms with Gasteiger partial charge in [0, 0.05) is 11.8 Å². The van der Waals surface area contributed by atoms with Crippen LogP contribution in [-0.2, 0) is 0 Å². The van der Waals surface area contributed by atoms with E-state index in [1.807, 2.05) is 20.9 Å². The van der Waals surface area contributed by atoms with Crippen molar-refractivity contribution in [3.63, 3.8) is 0 Å². The smallest absolute Gasteiger partial charge is 0.256 e. The molecule has 1 aromatic heterocycles. The summed E-state index contributed by atoms with van der Waals surface area (Å²) in [4.78, 5) is 4.36. The minimum atomic E-state index is 0.613. The lowest BCUT2D eigenvalue weighted by Gasteiger charge is -2.12. The van der Waals surface area contributed by atoms with Crippen molar-refractivity contribution in [1.29, 1.82) is 0 Å². The summed E-state index contributed by atoms with van der Waals surface area (Å²) >= 11 is 1.72. The maximum Gasteiger partial charge on any atom is 0.256 e. The number of nitrogens with zero attached hydrogens (tertiary/aromatic N) is 1. The highest BCUT2D eigenvalue weighted by Crippen LogP contribution is 2.35. The SMILES string of the molecule is CNC(CSc1nc(C)c(C)o1)C1CC1. The van der Waals surface area contributed by atoms with Crippen molar-refractivity contribution in [3.8, 4) is 0 Å². The molecule has 0 aliphatic heterocycles. The highest BCUT2D eigenvalue weighted by Gasteiger charge is 2.30. The fourth-order valence-corrected chi connectivity index (χ4v) is 2.77. The number of nitrogens with one attached hydrogen (secondary N) is 1. The van der Waals surface area contributed by atoms with Gasteiger partial charge >= 0.3 is 0 Å². The first-order valence-corrected chi connectivity index (χ1v) is 6.43. The molecule has 1 unspecified atom stereocenters. The van der Waals surface area contributed by atoms with Crippen LogP contribution < -0.4 is 5.32 Å². The molecule has 0 aromatic carbocycles. The molecule has 3 nitrogen and oxygen atoms in total. The molecule has 1 fully saturated rings. The zero-order valence-electron chi connectivity index (χ0n) is 9.54. The molecule has 1 atom stereocenters. The van der Waals surface area contributed by atoms with E-state index in [1.165, 1.54) is 12.8 Å². The standard InChI is InChI=1S/C11H18N2OS/c1-7-8(2)14-11(13-7)15-6-10(12-3)9-4-5-9/h9-10,12H,4-6H2,1-3H3. The first kappa shape index (κ1) is 11.0. The monoisotopic (exact) mass is 226 g/mol. The zero-order valence-corrected chi connectivity index (χ0v) is 10.4. The summed E-state index contributed by atoms with van der Waals surface area (Å²) in [7, 11) is 2.04. The van der Waals surface area contributed by atoms with Crippen LogP contribution in [0, 0.1) is 19.8 Å². The van der Waals surface area contributed by atoms with Crippen LogP contribution in [0.15, 0.2) is 9.64 Å². The molecule has 1 heterocycles. The molecular weight excluding hydrogens is 208 g/mol. The van der Waals surface area contributed by atoms with Gasteiger partial charge in [-0.15, -0.1) is 0 Å². The topological polar surface area (TPSA) is 38.1 Å². The molecule has 0 radical (unpaired) electrons. The Morgan fingerprint density at radius 3 is 2.73 bits per heavy atom. The second-order valence-electron chi connectivity index (χ2n) is 4.16. The predicted octanol–water partition coefficient (Wildman–Crippen LogP) is 2.38. The molecule has 1 aliphatic rings. The third-order valence-corrected chi connectivity index (χ3v) is 3.90. The quantitative estimate of drug-likeness (QED) is 0.782. The average Bonchev–Trinajstić information content (AvgIpc) is 2.97. The Kier molecular flexibility index (Phi) is 3.36. The van der Waals surface area contributed by atoms with Crippen molar-refractivity contribution in [2.24, 2.45) is 5.92 Å². The summed E-state index contributed by atoms with van der Waals surface area (Å²) in [6.45, 7) is 3.95. The van der Waals surface area contributed by atoms with E-state index in [0.29, 0.717) is 6.04 Å². The Morgan fingerprint density at radius 1 is 1.53 bits per heavy atom. The van der Waals surface area contributed by atoms with Crippen LogP contribution in [0.2, 0.25) is 0 Å². The van der Waals surface area contributed by atoms with Gasteiger partial charge in [0.15, 0.2) is 0 Å². The highest BCUT2D eigenvalue weighted by atomic mass is 32.2. The Hall–Kier alpha value is -0.480. The maximum absolute atomic E-state index is 5.53. The molecule has 15 heavy (non-hydrogen) atoms. The minimum Gasteiger partial charge on any atom is -0.437 e. The predicted molar refractivity (Wildman–Crippen MR) is 62.3 cm³/mol. The molecule has 4 heteroatoms. The van der Waals surface area contributed by atoms with E-state index in [-0.39, 0.29) is 0 Å². The summed E-state index contributed by atoms with van der Waals surface area (Å²) < 4.78 is 5.53. The van der Waals surface area contributed by atoms with Crippen LogP contribution in [0.25, 0.3) is 0 Å². The van der Waals surface area contributed by atoms with Gasteiger partial charge in [0.1, 0.15) is 5.76 Å². The van der Waals surface area contributed by atoms with E-state index in [2.05, 4.69) is 10.3 Å². The van der Waals surface area contributed by atoms with E-state index in [9.17, 15) is 0 Å². The Labute approximate surface area is 95.0 Å². The van der Waals surface area contributed by atoms with Crippen LogP contribution in [0.5, 0.6) is 0 Å². The molecule has 84 valence electrons. The number of hydrogen-bond donors (Lipinski definition) is 1. The van der Waals surface area contributed by atoms with Gasteiger partial charge in [-0.3, -0.25) is 0 Å². The fourth-order valence-electron chi connectivity index (χ4n) is 1.62. The number of oxazole rings is 1. The fraction of sp³-hybridized carbons (Fsp3) is 0.727. The van der Waals surface area contributed by atoms with Gasteiger partial charge in [0.2, 0.25) is 0 Å².